The summed E-state index contributed by atoms with van der Waals surface area (Å²) in [5, 5.41) is 3.86. The number of aromatic nitrogens is 2. The molecule has 0 radical (unpaired) electrons. The monoisotopic (exact) mass is 252 g/mol. The van der Waals surface area contributed by atoms with Crippen LogP contribution in [0.5, 0.6) is 0 Å². The van der Waals surface area contributed by atoms with E-state index in [1.807, 2.05) is 0 Å². The standard InChI is InChI=1S/C11H9FN2O2S/c1-2-16-11(15)10-9(13-14-17-10)7-3-5-8(12)6-4-7/h3-6H,2H2,1H3. The Balaban J connectivity index is 2.36. The molecule has 0 spiro atoms. The van der Waals surface area contributed by atoms with Gasteiger partial charge in [-0.25, -0.2) is 9.18 Å². The van der Waals surface area contributed by atoms with Crippen molar-refractivity contribution in [2.24, 2.45) is 0 Å². The first-order chi connectivity index (χ1) is 8.22. The van der Waals surface area contributed by atoms with Crippen molar-refractivity contribution in [2.45, 2.75) is 6.92 Å². The highest BCUT2D eigenvalue weighted by Gasteiger charge is 2.18. The molecule has 0 aliphatic heterocycles. The van der Waals surface area contributed by atoms with Gasteiger partial charge in [0.1, 0.15) is 11.5 Å². The second-order valence-electron chi connectivity index (χ2n) is 3.18. The van der Waals surface area contributed by atoms with E-state index in [4.69, 9.17) is 4.74 Å². The zero-order valence-electron chi connectivity index (χ0n) is 9.01. The third-order valence-corrected chi connectivity index (χ3v) is 2.77. The molecule has 6 heteroatoms. The van der Waals surface area contributed by atoms with Gasteiger partial charge in [0.2, 0.25) is 0 Å². The van der Waals surface area contributed by atoms with Crippen molar-refractivity contribution in [3.05, 3.63) is 35.0 Å². The zero-order chi connectivity index (χ0) is 12.3. The summed E-state index contributed by atoms with van der Waals surface area (Å²) in [6.45, 7) is 2.02. The summed E-state index contributed by atoms with van der Waals surface area (Å²) in [5.74, 6) is -0.795. The molecule has 0 aliphatic rings. The van der Waals surface area contributed by atoms with Crippen LogP contribution in [0, 0.1) is 5.82 Å². The molecular formula is C11H9FN2O2S. The van der Waals surface area contributed by atoms with Crippen molar-refractivity contribution in [1.82, 2.24) is 9.59 Å². The van der Waals surface area contributed by atoms with Crippen LogP contribution >= 0.6 is 11.5 Å². The molecule has 2 aromatic rings. The van der Waals surface area contributed by atoms with E-state index >= 15 is 0 Å². The molecule has 0 saturated carbocycles. The fraction of sp³-hybridized carbons (Fsp3) is 0.182. The molecule has 88 valence electrons. The molecule has 0 atom stereocenters. The Morgan fingerprint density at radius 3 is 2.76 bits per heavy atom. The fourth-order valence-electron chi connectivity index (χ4n) is 1.32. The third-order valence-electron chi connectivity index (χ3n) is 2.07. The lowest BCUT2D eigenvalue weighted by Gasteiger charge is -2.01. The van der Waals surface area contributed by atoms with Gasteiger partial charge in [-0.1, -0.05) is 4.49 Å². The Bertz CT molecular complexity index is 525. The highest BCUT2D eigenvalue weighted by Crippen LogP contribution is 2.24. The van der Waals surface area contributed by atoms with E-state index in [1.54, 1.807) is 19.1 Å². The lowest BCUT2D eigenvalue weighted by atomic mass is 10.1. The maximum Gasteiger partial charge on any atom is 0.352 e. The summed E-state index contributed by atoms with van der Waals surface area (Å²) >= 11 is 0.967. The van der Waals surface area contributed by atoms with Crippen LogP contribution in [0.3, 0.4) is 0 Å². The van der Waals surface area contributed by atoms with Crippen LogP contribution in [0.15, 0.2) is 24.3 Å². The summed E-state index contributed by atoms with van der Waals surface area (Å²) in [6.07, 6.45) is 0. The van der Waals surface area contributed by atoms with E-state index in [1.165, 1.54) is 12.1 Å². The summed E-state index contributed by atoms with van der Waals surface area (Å²) < 4.78 is 21.4. The SMILES string of the molecule is CCOC(=O)c1snnc1-c1ccc(F)cc1. The number of rotatable bonds is 3. The van der Waals surface area contributed by atoms with Gasteiger partial charge in [-0.3, -0.25) is 0 Å². The van der Waals surface area contributed by atoms with Crippen molar-refractivity contribution < 1.29 is 13.9 Å². The van der Waals surface area contributed by atoms with Crippen LogP contribution in [0.25, 0.3) is 11.3 Å². The molecular weight excluding hydrogens is 243 g/mol. The van der Waals surface area contributed by atoms with Gasteiger partial charge in [-0.05, 0) is 42.7 Å². The van der Waals surface area contributed by atoms with Gasteiger partial charge in [0.05, 0.1) is 6.61 Å². The molecule has 1 aromatic heterocycles. The Labute approximate surface area is 101 Å². The smallest absolute Gasteiger partial charge is 0.352 e. The molecule has 0 aliphatic carbocycles. The largest absolute Gasteiger partial charge is 0.462 e. The van der Waals surface area contributed by atoms with Gasteiger partial charge in [0.25, 0.3) is 0 Å². The molecule has 1 heterocycles. The maximum atomic E-state index is 12.8. The average Bonchev–Trinajstić information content (AvgIpc) is 2.79. The molecule has 0 fully saturated rings. The Morgan fingerprint density at radius 1 is 1.41 bits per heavy atom. The van der Waals surface area contributed by atoms with Gasteiger partial charge < -0.3 is 4.74 Å². The first-order valence-corrected chi connectivity index (χ1v) is 5.75. The number of carbonyl (C=O) groups is 1. The predicted molar refractivity (Wildman–Crippen MR) is 61.3 cm³/mol. The summed E-state index contributed by atoms with van der Waals surface area (Å²) in [7, 11) is 0. The van der Waals surface area contributed by atoms with Crippen LogP contribution in [0.1, 0.15) is 16.6 Å². The fourth-order valence-corrected chi connectivity index (χ4v) is 1.90. The predicted octanol–water partition coefficient (Wildman–Crippen LogP) is 2.52. The van der Waals surface area contributed by atoms with E-state index in [9.17, 15) is 9.18 Å². The minimum Gasteiger partial charge on any atom is -0.462 e. The molecule has 4 nitrogen and oxygen atoms in total. The van der Waals surface area contributed by atoms with E-state index in [2.05, 4.69) is 9.59 Å². The molecule has 0 N–H and O–H groups in total. The molecule has 0 bridgehead atoms. The van der Waals surface area contributed by atoms with Crippen molar-refractivity contribution in [2.75, 3.05) is 6.61 Å². The van der Waals surface area contributed by atoms with Crippen molar-refractivity contribution in [1.29, 1.82) is 0 Å². The summed E-state index contributed by atoms with van der Waals surface area (Å²) in [5.41, 5.74) is 1.07. The highest BCUT2D eigenvalue weighted by molar-refractivity contribution is 7.08. The van der Waals surface area contributed by atoms with Gasteiger partial charge >= 0.3 is 5.97 Å². The van der Waals surface area contributed by atoms with Gasteiger partial charge in [0, 0.05) is 5.56 Å². The van der Waals surface area contributed by atoms with Crippen LogP contribution in [0.2, 0.25) is 0 Å². The lowest BCUT2D eigenvalue weighted by molar-refractivity contribution is 0.0532. The van der Waals surface area contributed by atoms with Gasteiger partial charge in [0.15, 0.2) is 4.88 Å². The number of halogens is 1. The van der Waals surface area contributed by atoms with Gasteiger partial charge in [-0.2, -0.15) is 0 Å². The third kappa shape index (κ3) is 2.47. The summed E-state index contributed by atoms with van der Waals surface area (Å²) in [4.78, 5) is 11.9. The zero-order valence-corrected chi connectivity index (χ0v) is 9.83. The first kappa shape index (κ1) is 11.7. The molecule has 0 saturated heterocycles. The van der Waals surface area contributed by atoms with Crippen LogP contribution in [-0.2, 0) is 4.74 Å². The number of nitrogens with zero attached hydrogens (tertiary/aromatic N) is 2. The quantitative estimate of drug-likeness (QED) is 0.788. The Hall–Kier alpha value is -1.82. The van der Waals surface area contributed by atoms with E-state index in [-0.39, 0.29) is 5.82 Å². The van der Waals surface area contributed by atoms with Crippen LogP contribution < -0.4 is 0 Å². The second kappa shape index (κ2) is 5.01. The second-order valence-corrected chi connectivity index (χ2v) is 3.93. The number of carbonyl (C=O) groups excluding carboxylic acids is 1. The molecule has 2 rings (SSSR count). The average molecular weight is 252 g/mol. The number of hydrogen-bond acceptors (Lipinski definition) is 5. The summed E-state index contributed by atoms with van der Waals surface area (Å²) in [6, 6.07) is 5.72. The van der Waals surface area contributed by atoms with E-state index in [0.717, 1.165) is 11.5 Å². The normalized spacial score (nSPS) is 10.2. The Kier molecular flexibility index (Phi) is 3.43. The van der Waals surface area contributed by atoms with Crippen molar-refractivity contribution in [3.63, 3.8) is 0 Å². The van der Waals surface area contributed by atoms with E-state index in [0.29, 0.717) is 22.7 Å². The Morgan fingerprint density at radius 2 is 2.12 bits per heavy atom. The topological polar surface area (TPSA) is 52.1 Å². The van der Waals surface area contributed by atoms with Gasteiger partial charge in [-0.15, -0.1) is 5.10 Å². The van der Waals surface area contributed by atoms with Crippen LogP contribution in [-0.4, -0.2) is 22.2 Å². The molecule has 1 aromatic carbocycles. The number of hydrogen-bond donors (Lipinski definition) is 0. The van der Waals surface area contributed by atoms with E-state index < -0.39 is 5.97 Å². The maximum absolute atomic E-state index is 12.8. The van der Waals surface area contributed by atoms with Crippen molar-refractivity contribution in [3.8, 4) is 11.3 Å². The van der Waals surface area contributed by atoms with Crippen molar-refractivity contribution >= 4 is 17.5 Å². The number of esters is 1. The minimum atomic E-state index is -0.457. The number of benzene rings is 1. The molecule has 0 unspecified atom stereocenters. The molecule has 0 amide bonds. The lowest BCUT2D eigenvalue weighted by Crippen LogP contribution is -2.03. The number of ether oxygens (including phenoxy) is 1. The van der Waals surface area contributed by atoms with Crippen LogP contribution in [0.4, 0.5) is 4.39 Å². The highest BCUT2D eigenvalue weighted by atomic mass is 32.1. The minimum absolute atomic E-state index is 0.291. The first-order valence-electron chi connectivity index (χ1n) is 4.97. The molecule has 17 heavy (non-hydrogen) atoms.